The first-order valence-corrected chi connectivity index (χ1v) is 5.36. The molecule has 1 fully saturated rings. The minimum absolute atomic E-state index is 0.332. The van der Waals surface area contributed by atoms with Crippen LogP contribution in [0.3, 0.4) is 0 Å². The van der Waals surface area contributed by atoms with E-state index in [-0.39, 0.29) is 0 Å². The van der Waals surface area contributed by atoms with E-state index in [1.54, 1.807) is 11.8 Å². The zero-order chi connectivity index (χ0) is 10.7. The Morgan fingerprint density at radius 1 is 1.67 bits per heavy atom. The lowest BCUT2D eigenvalue weighted by molar-refractivity contribution is 0.0510. The number of hydrogen-bond acceptors (Lipinski definition) is 4. The van der Waals surface area contributed by atoms with Gasteiger partial charge in [-0.05, 0) is 12.8 Å². The van der Waals surface area contributed by atoms with Crippen LogP contribution in [0, 0.1) is 0 Å². The molecule has 1 heterocycles. The van der Waals surface area contributed by atoms with Crippen molar-refractivity contribution in [2.24, 2.45) is 0 Å². The number of aliphatic hydroxyl groups is 1. The van der Waals surface area contributed by atoms with E-state index in [1.165, 1.54) is 19.3 Å². The molecule has 0 aromatic carbocycles. The van der Waals surface area contributed by atoms with Crippen LogP contribution in [0.4, 0.5) is 0 Å². The lowest BCUT2D eigenvalue weighted by Gasteiger charge is -2.22. The Balaban J connectivity index is 1.88. The summed E-state index contributed by atoms with van der Waals surface area (Å²) in [5.41, 5.74) is 1.06. The van der Waals surface area contributed by atoms with Gasteiger partial charge in [0, 0.05) is 19.2 Å². The number of aromatic nitrogens is 3. The summed E-state index contributed by atoms with van der Waals surface area (Å²) in [6.07, 6.45) is 5.16. The van der Waals surface area contributed by atoms with Crippen molar-refractivity contribution in [2.45, 2.75) is 37.8 Å². The van der Waals surface area contributed by atoms with Crippen LogP contribution in [0.2, 0.25) is 0 Å². The average molecular weight is 211 g/mol. The fraction of sp³-hybridized carbons (Fsp3) is 0.800. The first-order chi connectivity index (χ1) is 7.29. The highest BCUT2D eigenvalue weighted by molar-refractivity contribution is 5.05. The van der Waals surface area contributed by atoms with Crippen molar-refractivity contribution >= 4 is 0 Å². The summed E-state index contributed by atoms with van der Waals surface area (Å²) in [7, 11) is 1.57. The summed E-state index contributed by atoms with van der Waals surface area (Å²) in [5.74, 6) is 0.596. The van der Waals surface area contributed by atoms with E-state index in [4.69, 9.17) is 4.74 Å². The van der Waals surface area contributed by atoms with E-state index < -0.39 is 6.10 Å². The highest BCUT2D eigenvalue weighted by Gasteiger charge is 2.22. The second-order valence-corrected chi connectivity index (χ2v) is 4.10. The van der Waals surface area contributed by atoms with Gasteiger partial charge in [0.15, 0.2) is 0 Å². The minimum Gasteiger partial charge on any atom is -0.389 e. The van der Waals surface area contributed by atoms with Crippen molar-refractivity contribution in [3.8, 4) is 0 Å². The van der Waals surface area contributed by atoms with Gasteiger partial charge in [-0.25, -0.2) is 4.68 Å². The number of methoxy groups -OCH3 is 1. The summed E-state index contributed by atoms with van der Waals surface area (Å²) >= 11 is 0. The second-order valence-electron chi connectivity index (χ2n) is 4.10. The summed E-state index contributed by atoms with van der Waals surface area (Å²) in [6.45, 7) is 0.784. The molecule has 5 nitrogen and oxygen atoms in total. The number of hydrogen-bond donors (Lipinski definition) is 1. The van der Waals surface area contributed by atoms with Gasteiger partial charge in [0.25, 0.3) is 0 Å². The molecule has 0 unspecified atom stereocenters. The van der Waals surface area contributed by atoms with Gasteiger partial charge < -0.3 is 9.84 Å². The highest BCUT2D eigenvalue weighted by atomic mass is 16.5. The third kappa shape index (κ3) is 2.54. The van der Waals surface area contributed by atoms with Crippen LogP contribution in [-0.4, -0.2) is 39.9 Å². The first kappa shape index (κ1) is 10.6. The molecule has 0 radical (unpaired) electrons. The fourth-order valence-corrected chi connectivity index (χ4v) is 1.75. The Hall–Kier alpha value is -0.940. The van der Waals surface area contributed by atoms with Crippen LogP contribution in [0.1, 0.15) is 30.9 Å². The molecule has 2 rings (SSSR count). The molecule has 0 spiro atoms. The maximum Gasteiger partial charge on any atom is 0.0969 e. The van der Waals surface area contributed by atoms with Gasteiger partial charge in [-0.3, -0.25) is 0 Å². The minimum atomic E-state index is -0.508. The van der Waals surface area contributed by atoms with Crippen molar-refractivity contribution in [3.63, 3.8) is 0 Å². The molecule has 1 aliphatic carbocycles. The van der Waals surface area contributed by atoms with E-state index in [1.807, 2.05) is 6.20 Å². The highest BCUT2D eigenvalue weighted by Crippen LogP contribution is 2.34. The fourth-order valence-electron chi connectivity index (χ4n) is 1.75. The smallest absolute Gasteiger partial charge is 0.0969 e. The van der Waals surface area contributed by atoms with E-state index in [0.29, 0.717) is 19.1 Å². The lowest BCUT2D eigenvalue weighted by Crippen LogP contribution is -2.21. The largest absolute Gasteiger partial charge is 0.389 e. The van der Waals surface area contributed by atoms with Crippen molar-refractivity contribution in [3.05, 3.63) is 11.9 Å². The normalized spacial score (nSPS) is 18.8. The standard InChI is InChI=1S/C10H17N3O2/c1-15-7-9(14)5-13-6-10(11-12-13)8-3-2-4-8/h6,8-9,14H,2-5,7H2,1H3/t9-/m1/s1. The van der Waals surface area contributed by atoms with Crippen molar-refractivity contribution in [2.75, 3.05) is 13.7 Å². The molecule has 0 amide bonds. The van der Waals surface area contributed by atoms with Gasteiger partial charge in [0.05, 0.1) is 24.9 Å². The van der Waals surface area contributed by atoms with Crippen molar-refractivity contribution < 1.29 is 9.84 Å². The first-order valence-electron chi connectivity index (χ1n) is 5.36. The second kappa shape index (κ2) is 4.72. The molecular weight excluding hydrogens is 194 g/mol. The van der Waals surface area contributed by atoms with Crippen LogP contribution in [0.15, 0.2) is 6.20 Å². The predicted octanol–water partition coefficient (Wildman–Crippen LogP) is 0.553. The molecular formula is C10H17N3O2. The molecule has 0 bridgehead atoms. The summed E-state index contributed by atoms with van der Waals surface area (Å²) in [6, 6.07) is 0. The molecule has 84 valence electrons. The van der Waals surface area contributed by atoms with Gasteiger partial charge in [-0.1, -0.05) is 11.6 Å². The molecule has 5 heteroatoms. The van der Waals surface area contributed by atoms with Crippen molar-refractivity contribution in [1.29, 1.82) is 0 Å². The van der Waals surface area contributed by atoms with Crippen LogP contribution in [0.25, 0.3) is 0 Å². The van der Waals surface area contributed by atoms with Gasteiger partial charge in [-0.2, -0.15) is 0 Å². The Labute approximate surface area is 89.0 Å². The quantitative estimate of drug-likeness (QED) is 0.772. The maximum atomic E-state index is 9.51. The molecule has 1 atom stereocenters. The molecule has 1 aliphatic rings. The average Bonchev–Trinajstić information content (AvgIpc) is 2.50. The zero-order valence-corrected chi connectivity index (χ0v) is 8.96. The Morgan fingerprint density at radius 3 is 3.07 bits per heavy atom. The lowest BCUT2D eigenvalue weighted by atomic mass is 9.83. The van der Waals surface area contributed by atoms with Crippen LogP contribution in [-0.2, 0) is 11.3 Å². The van der Waals surface area contributed by atoms with Crippen LogP contribution >= 0.6 is 0 Å². The molecule has 1 N–H and O–H groups in total. The molecule has 0 aliphatic heterocycles. The molecule has 1 saturated carbocycles. The Morgan fingerprint density at radius 2 is 2.47 bits per heavy atom. The molecule has 15 heavy (non-hydrogen) atoms. The van der Waals surface area contributed by atoms with Gasteiger partial charge in [-0.15, -0.1) is 5.10 Å². The number of aliphatic hydroxyl groups excluding tert-OH is 1. The number of rotatable bonds is 5. The predicted molar refractivity (Wildman–Crippen MR) is 54.5 cm³/mol. The molecule has 1 aromatic rings. The third-order valence-electron chi connectivity index (χ3n) is 2.84. The van der Waals surface area contributed by atoms with Gasteiger partial charge in [0.1, 0.15) is 0 Å². The summed E-state index contributed by atoms with van der Waals surface area (Å²) in [4.78, 5) is 0. The summed E-state index contributed by atoms with van der Waals surface area (Å²) < 4.78 is 6.54. The third-order valence-corrected chi connectivity index (χ3v) is 2.84. The van der Waals surface area contributed by atoms with Gasteiger partial charge in [0.2, 0.25) is 0 Å². The Kier molecular flexibility index (Phi) is 3.33. The monoisotopic (exact) mass is 211 g/mol. The Bertz CT molecular complexity index is 309. The number of ether oxygens (including phenoxy) is 1. The topological polar surface area (TPSA) is 60.2 Å². The maximum absolute atomic E-state index is 9.51. The van der Waals surface area contributed by atoms with E-state index in [2.05, 4.69) is 10.3 Å². The van der Waals surface area contributed by atoms with E-state index in [0.717, 1.165) is 5.69 Å². The van der Waals surface area contributed by atoms with Crippen molar-refractivity contribution in [1.82, 2.24) is 15.0 Å². The zero-order valence-electron chi connectivity index (χ0n) is 8.96. The van der Waals surface area contributed by atoms with E-state index >= 15 is 0 Å². The van der Waals surface area contributed by atoms with Crippen LogP contribution < -0.4 is 0 Å². The van der Waals surface area contributed by atoms with E-state index in [9.17, 15) is 5.11 Å². The SMILES string of the molecule is COC[C@H](O)Cn1cc(C2CCC2)nn1. The van der Waals surface area contributed by atoms with Gasteiger partial charge >= 0.3 is 0 Å². The molecule has 0 saturated heterocycles. The van der Waals surface area contributed by atoms with Crippen LogP contribution in [0.5, 0.6) is 0 Å². The summed E-state index contributed by atoms with van der Waals surface area (Å²) in [5, 5.41) is 17.6. The molecule has 1 aromatic heterocycles. The number of nitrogens with zero attached hydrogens (tertiary/aromatic N) is 3.